The first-order valence-corrected chi connectivity index (χ1v) is 9.78. The lowest BCUT2D eigenvalue weighted by Crippen LogP contribution is -2.48. The molecule has 1 N–H and O–H groups in total. The van der Waals surface area contributed by atoms with Crippen LogP contribution in [0.4, 0.5) is 0 Å². The van der Waals surface area contributed by atoms with Gasteiger partial charge in [-0.2, -0.15) is 0 Å². The van der Waals surface area contributed by atoms with Crippen LogP contribution in [0.1, 0.15) is 21.7 Å². The zero-order chi connectivity index (χ0) is 18.4. The number of Topliss-reactive ketones (excluding diaryl/α,β-unsaturated/α-hetero) is 1. The van der Waals surface area contributed by atoms with E-state index >= 15 is 0 Å². The molecule has 3 rings (SSSR count). The van der Waals surface area contributed by atoms with Gasteiger partial charge in [0.05, 0.1) is 11.3 Å². The third-order valence-electron chi connectivity index (χ3n) is 4.75. The maximum absolute atomic E-state index is 12.6. The normalized spacial score (nSPS) is 17.1. The number of benzene rings is 1. The highest BCUT2D eigenvalue weighted by molar-refractivity contribution is 7.12. The van der Waals surface area contributed by atoms with Gasteiger partial charge in [0.15, 0.2) is 5.78 Å². The minimum atomic E-state index is -0.914. The molecule has 1 saturated heterocycles. The number of thiophene rings is 1. The highest BCUT2D eigenvalue weighted by Crippen LogP contribution is 2.19. The van der Waals surface area contributed by atoms with Crippen LogP contribution in [0.15, 0.2) is 47.8 Å². The van der Waals surface area contributed by atoms with E-state index in [1.54, 1.807) is 6.07 Å². The topological polar surface area (TPSA) is 60.9 Å². The Morgan fingerprint density at radius 2 is 1.69 bits per heavy atom. The number of carbonyl (C=O) groups excluding carboxylic acids is 1. The van der Waals surface area contributed by atoms with Crippen LogP contribution in [0.2, 0.25) is 0 Å². The van der Waals surface area contributed by atoms with Crippen molar-refractivity contribution in [1.82, 2.24) is 9.80 Å². The van der Waals surface area contributed by atoms with E-state index < -0.39 is 11.9 Å². The van der Waals surface area contributed by atoms with Gasteiger partial charge in [-0.25, -0.2) is 0 Å². The van der Waals surface area contributed by atoms with E-state index in [-0.39, 0.29) is 12.2 Å². The highest BCUT2D eigenvalue weighted by atomic mass is 32.1. The maximum Gasteiger partial charge on any atom is 0.304 e. The van der Waals surface area contributed by atoms with Crippen LogP contribution in [0.5, 0.6) is 0 Å². The van der Waals surface area contributed by atoms with E-state index in [1.807, 2.05) is 17.5 Å². The lowest BCUT2D eigenvalue weighted by molar-refractivity contribution is -0.137. The number of nitrogens with zero attached hydrogens (tertiary/aromatic N) is 2. The molecule has 0 radical (unpaired) electrons. The summed E-state index contributed by atoms with van der Waals surface area (Å²) in [5.41, 5.74) is 1.30. The molecule has 2 aromatic rings. The quantitative estimate of drug-likeness (QED) is 0.722. The minimum Gasteiger partial charge on any atom is -0.481 e. The fourth-order valence-corrected chi connectivity index (χ4v) is 4.10. The molecule has 1 unspecified atom stereocenters. The van der Waals surface area contributed by atoms with E-state index in [1.165, 1.54) is 16.9 Å². The first kappa shape index (κ1) is 18.8. The Balaban J connectivity index is 1.53. The van der Waals surface area contributed by atoms with Crippen LogP contribution in [-0.2, 0) is 11.3 Å². The van der Waals surface area contributed by atoms with E-state index in [4.69, 9.17) is 0 Å². The van der Waals surface area contributed by atoms with Gasteiger partial charge in [-0.15, -0.1) is 11.3 Å². The van der Waals surface area contributed by atoms with Gasteiger partial charge >= 0.3 is 5.97 Å². The summed E-state index contributed by atoms with van der Waals surface area (Å²) in [6.07, 6.45) is -0.110. The Morgan fingerprint density at radius 3 is 2.31 bits per heavy atom. The maximum atomic E-state index is 12.6. The Morgan fingerprint density at radius 1 is 1.00 bits per heavy atom. The summed E-state index contributed by atoms with van der Waals surface area (Å²) < 4.78 is 0. The zero-order valence-electron chi connectivity index (χ0n) is 14.7. The fraction of sp³-hybridized carbons (Fsp3) is 0.400. The van der Waals surface area contributed by atoms with Gasteiger partial charge in [0.1, 0.15) is 0 Å². The van der Waals surface area contributed by atoms with Crippen LogP contribution >= 0.6 is 11.3 Å². The van der Waals surface area contributed by atoms with Crippen molar-refractivity contribution < 1.29 is 14.7 Å². The second kappa shape index (κ2) is 9.07. The molecule has 1 aliphatic heterocycles. The number of rotatable bonds is 8. The minimum absolute atomic E-state index is 0.0471. The molecule has 1 aromatic carbocycles. The summed E-state index contributed by atoms with van der Waals surface area (Å²) in [6.45, 7) is 5.04. The molecule has 1 fully saturated rings. The Kier molecular flexibility index (Phi) is 6.55. The van der Waals surface area contributed by atoms with Crippen molar-refractivity contribution >= 4 is 23.1 Å². The predicted octanol–water partition coefficient (Wildman–Crippen LogP) is 2.84. The third kappa shape index (κ3) is 5.24. The van der Waals surface area contributed by atoms with E-state index in [2.05, 4.69) is 34.1 Å². The monoisotopic (exact) mass is 372 g/mol. The second-order valence-electron chi connectivity index (χ2n) is 6.70. The largest absolute Gasteiger partial charge is 0.481 e. The van der Waals surface area contributed by atoms with Crippen molar-refractivity contribution in [2.75, 3.05) is 32.7 Å². The van der Waals surface area contributed by atoms with Gasteiger partial charge in [-0.1, -0.05) is 36.4 Å². The summed E-state index contributed by atoms with van der Waals surface area (Å²) in [5.74, 6) is -1.44. The third-order valence-corrected chi connectivity index (χ3v) is 5.63. The number of carboxylic acids is 1. The number of aliphatic carboxylic acids is 1. The number of hydrogen-bond acceptors (Lipinski definition) is 5. The molecular formula is C20H24N2O3S. The molecule has 1 aromatic heterocycles. The van der Waals surface area contributed by atoms with Crippen molar-refractivity contribution in [3.8, 4) is 0 Å². The summed E-state index contributed by atoms with van der Waals surface area (Å²) >= 11 is 1.38. The molecular weight excluding hydrogens is 348 g/mol. The lowest BCUT2D eigenvalue weighted by atomic mass is 9.98. The van der Waals surface area contributed by atoms with Crippen molar-refractivity contribution in [3.63, 3.8) is 0 Å². The van der Waals surface area contributed by atoms with E-state index in [0.717, 1.165) is 32.7 Å². The van der Waals surface area contributed by atoms with Gasteiger partial charge in [0.2, 0.25) is 0 Å². The van der Waals surface area contributed by atoms with Gasteiger partial charge in [0, 0.05) is 45.2 Å². The SMILES string of the molecule is O=C(O)CC(CN1CCN(Cc2ccccc2)CC1)C(=O)c1cccs1. The number of ketones is 1. The Labute approximate surface area is 157 Å². The second-order valence-corrected chi connectivity index (χ2v) is 7.65. The molecule has 6 heteroatoms. The summed E-state index contributed by atoms with van der Waals surface area (Å²) in [6, 6.07) is 14.0. The van der Waals surface area contributed by atoms with Crippen LogP contribution in [0, 0.1) is 5.92 Å². The van der Waals surface area contributed by atoms with Gasteiger partial charge < -0.3 is 10.0 Å². The summed E-state index contributed by atoms with van der Waals surface area (Å²) in [4.78, 5) is 29.1. The van der Waals surface area contributed by atoms with Crippen molar-refractivity contribution in [1.29, 1.82) is 0 Å². The van der Waals surface area contributed by atoms with Crippen LogP contribution in [0.25, 0.3) is 0 Å². The molecule has 5 nitrogen and oxygen atoms in total. The smallest absolute Gasteiger partial charge is 0.304 e. The molecule has 2 heterocycles. The molecule has 1 atom stereocenters. The van der Waals surface area contributed by atoms with Gasteiger partial charge in [-0.05, 0) is 17.0 Å². The van der Waals surface area contributed by atoms with Gasteiger partial charge in [-0.3, -0.25) is 14.5 Å². The first-order chi connectivity index (χ1) is 12.6. The lowest BCUT2D eigenvalue weighted by Gasteiger charge is -2.36. The number of piperazine rings is 1. The highest BCUT2D eigenvalue weighted by Gasteiger charge is 2.27. The average molecular weight is 372 g/mol. The zero-order valence-corrected chi connectivity index (χ0v) is 15.5. The standard InChI is InChI=1S/C20H24N2O3S/c23-19(24)13-17(20(25)18-7-4-12-26-18)15-22-10-8-21(9-11-22)14-16-5-2-1-3-6-16/h1-7,12,17H,8-11,13-15H2,(H,23,24). The molecule has 26 heavy (non-hydrogen) atoms. The molecule has 0 saturated carbocycles. The Hall–Kier alpha value is -2.02. The molecule has 0 aliphatic carbocycles. The molecule has 138 valence electrons. The summed E-state index contributed by atoms with van der Waals surface area (Å²) in [5, 5.41) is 11.0. The van der Waals surface area contributed by atoms with Crippen LogP contribution in [-0.4, -0.2) is 59.4 Å². The van der Waals surface area contributed by atoms with Gasteiger partial charge in [0.25, 0.3) is 0 Å². The van der Waals surface area contributed by atoms with Crippen LogP contribution < -0.4 is 0 Å². The number of carbonyl (C=O) groups is 2. The predicted molar refractivity (Wildman–Crippen MR) is 103 cm³/mol. The number of carboxylic acid groups (broad SMARTS) is 1. The molecule has 0 bridgehead atoms. The van der Waals surface area contributed by atoms with Crippen molar-refractivity contribution in [2.45, 2.75) is 13.0 Å². The Bertz CT molecular complexity index is 710. The number of hydrogen-bond donors (Lipinski definition) is 1. The fourth-order valence-electron chi connectivity index (χ4n) is 3.35. The molecule has 0 amide bonds. The summed E-state index contributed by atoms with van der Waals surface area (Å²) in [7, 11) is 0. The van der Waals surface area contributed by atoms with Crippen LogP contribution in [0.3, 0.4) is 0 Å². The van der Waals surface area contributed by atoms with Crippen molar-refractivity contribution in [3.05, 3.63) is 58.3 Å². The average Bonchev–Trinajstić information content (AvgIpc) is 3.17. The first-order valence-electron chi connectivity index (χ1n) is 8.90. The van der Waals surface area contributed by atoms with E-state index in [0.29, 0.717) is 11.4 Å². The molecule has 1 aliphatic rings. The van der Waals surface area contributed by atoms with E-state index in [9.17, 15) is 14.7 Å². The molecule has 0 spiro atoms. The van der Waals surface area contributed by atoms with Crippen molar-refractivity contribution in [2.24, 2.45) is 5.92 Å².